The summed E-state index contributed by atoms with van der Waals surface area (Å²) in [6.45, 7) is 12.3. The summed E-state index contributed by atoms with van der Waals surface area (Å²) in [6.07, 6.45) is 10.5. The van der Waals surface area contributed by atoms with Crippen LogP contribution in [0.25, 0.3) is 0 Å². The normalized spacial score (nSPS) is 21.6. The first-order chi connectivity index (χ1) is 9.22. The number of carbonyl (C=O) groups is 1. The molecule has 1 aliphatic carbocycles. The minimum atomic E-state index is -1.58. The van der Waals surface area contributed by atoms with Crippen molar-refractivity contribution in [2.75, 3.05) is 6.61 Å². The maximum Gasteiger partial charge on any atom is 0.191 e. The predicted octanol–water partition coefficient (Wildman–Crippen LogP) is 5.10. The topological polar surface area (TPSA) is 26.3 Å². The van der Waals surface area contributed by atoms with Gasteiger partial charge in [0.1, 0.15) is 5.78 Å². The second-order valence-corrected chi connectivity index (χ2v) is 12.4. The monoisotopic (exact) mass is 296 g/mol. The Morgan fingerprint density at radius 3 is 2.65 bits per heavy atom. The fourth-order valence-electron chi connectivity index (χ4n) is 2.26. The highest BCUT2D eigenvalue weighted by atomic mass is 28.4. The van der Waals surface area contributed by atoms with Crippen molar-refractivity contribution in [3.05, 3.63) is 12.2 Å². The maximum atomic E-state index is 11.4. The van der Waals surface area contributed by atoms with Gasteiger partial charge in [-0.2, -0.15) is 0 Å². The van der Waals surface area contributed by atoms with E-state index in [9.17, 15) is 4.79 Å². The molecule has 0 aliphatic heterocycles. The Balaban J connectivity index is 2.17. The summed E-state index contributed by atoms with van der Waals surface area (Å²) >= 11 is 0. The maximum absolute atomic E-state index is 11.4. The van der Waals surface area contributed by atoms with E-state index in [-0.39, 0.29) is 0 Å². The molecule has 1 aliphatic rings. The zero-order valence-corrected chi connectivity index (χ0v) is 15.0. The van der Waals surface area contributed by atoms with Gasteiger partial charge in [-0.25, -0.2) is 0 Å². The molecule has 20 heavy (non-hydrogen) atoms. The highest BCUT2D eigenvalue weighted by Gasteiger charge is 2.36. The first-order valence-corrected chi connectivity index (χ1v) is 11.0. The summed E-state index contributed by atoms with van der Waals surface area (Å²) < 4.78 is 6.15. The van der Waals surface area contributed by atoms with E-state index in [1.807, 2.05) is 0 Å². The van der Waals surface area contributed by atoms with Crippen LogP contribution in [0.1, 0.15) is 59.3 Å². The molecule has 2 nitrogen and oxygen atoms in total. The molecule has 0 heterocycles. The Labute approximate surface area is 126 Å². The summed E-state index contributed by atoms with van der Waals surface area (Å²) in [6, 6.07) is 0. The van der Waals surface area contributed by atoms with Crippen LogP contribution < -0.4 is 0 Å². The lowest BCUT2D eigenvalue weighted by molar-refractivity contribution is -0.121. The SMILES string of the molecule is CC(C)(C)[Si](C)(C)OCCC/C=C/C1CCCC(=O)C1. The molecule has 0 radical (unpaired) electrons. The van der Waals surface area contributed by atoms with Gasteiger partial charge < -0.3 is 4.43 Å². The van der Waals surface area contributed by atoms with Gasteiger partial charge in [0, 0.05) is 19.4 Å². The first kappa shape index (κ1) is 17.6. The van der Waals surface area contributed by atoms with E-state index in [4.69, 9.17) is 4.43 Å². The molecule has 0 aromatic carbocycles. The molecule has 1 unspecified atom stereocenters. The number of ketones is 1. The van der Waals surface area contributed by atoms with Crippen LogP contribution >= 0.6 is 0 Å². The van der Waals surface area contributed by atoms with Crippen LogP contribution in [0.3, 0.4) is 0 Å². The van der Waals surface area contributed by atoms with E-state index in [0.29, 0.717) is 16.7 Å². The van der Waals surface area contributed by atoms with Crippen molar-refractivity contribution in [2.45, 2.75) is 77.4 Å². The Morgan fingerprint density at radius 2 is 2.05 bits per heavy atom. The lowest BCUT2D eigenvalue weighted by Gasteiger charge is -2.36. The summed E-state index contributed by atoms with van der Waals surface area (Å²) in [7, 11) is -1.58. The van der Waals surface area contributed by atoms with Gasteiger partial charge in [-0.05, 0) is 49.7 Å². The van der Waals surface area contributed by atoms with Gasteiger partial charge in [0.15, 0.2) is 8.32 Å². The van der Waals surface area contributed by atoms with Crippen molar-refractivity contribution in [1.29, 1.82) is 0 Å². The molecule has 1 saturated carbocycles. The molecular weight excluding hydrogens is 264 g/mol. The Hall–Kier alpha value is -0.413. The van der Waals surface area contributed by atoms with Crippen molar-refractivity contribution in [1.82, 2.24) is 0 Å². The van der Waals surface area contributed by atoms with Crippen molar-refractivity contribution in [3.8, 4) is 0 Å². The highest BCUT2D eigenvalue weighted by Crippen LogP contribution is 2.36. The minimum Gasteiger partial charge on any atom is -0.417 e. The fourth-order valence-corrected chi connectivity index (χ4v) is 3.34. The average Bonchev–Trinajstić information content (AvgIpc) is 2.32. The van der Waals surface area contributed by atoms with Gasteiger partial charge in [0.05, 0.1) is 0 Å². The van der Waals surface area contributed by atoms with E-state index in [1.54, 1.807) is 0 Å². The van der Waals surface area contributed by atoms with E-state index in [1.165, 1.54) is 6.42 Å². The summed E-state index contributed by atoms with van der Waals surface area (Å²) in [4.78, 5) is 11.4. The number of allylic oxidation sites excluding steroid dienone is 2. The number of Topliss-reactive ketones (excluding diaryl/α,β-unsaturated/α-hetero) is 1. The van der Waals surface area contributed by atoms with Gasteiger partial charge >= 0.3 is 0 Å². The third kappa shape index (κ3) is 5.92. The Morgan fingerprint density at radius 1 is 1.35 bits per heavy atom. The molecule has 1 fully saturated rings. The smallest absolute Gasteiger partial charge is 0.191 e. The molecule has 0 amide bonds. The third-order valence-electron chi connectivity index (χ3n) is 4.71. The highest BCUT2D eigenvalue weighted by molar-refractivity contribution is 6.74. The molecule has 0 aromatic heterocycles. The third-order valence-corrected chi connectivity index (χ3v) is 9.25. The van der Waals surface area contributed by atoms with Crippen LogP contribution in [0.15, 0.2) is 12.2 Å². The molecule has 0 aromatic rings. The summed E-state index contributed by atoms with van der Waals surface area (Å²) in [5, 5.41) is 0.297. The molecule has 0 spiro atoms. The quantitative estimate of drug-likeness (QED) is 0.387. The van der Waals surface area contributed by atoms with Gasteiger partial charge in [-0.1, -0.05) is 32.9 Å². The van der Waals surface area contributed by atoms with Crippen LogP contribution in [-0.2, 0) is 9.22 Å². The van der Waals surface area contributed by atoms with Crippen molar-refractivity contribution in [3.63, 3.8) is 0 Å². The molecule has 3 heteroatoms. The van der Waals surface area contributed by atoms with Gasteiger partial charge in [0.25, 0.3) is 0 Å². The summed E-state index contributed by atoms with van der Waals surface area (Å²) in [5.74, 6) is 0.935. The van der Waals surface area contributed by atoms with Crippen LogP contribution in [0.5, 0.6) is 0 Å². The second-order valence-electron chi connectivity index (χ2n) is 7.57. The molecule has 0 bridgehead atoms. The fraction of sp³-hybridized carbons (Fsp3) is 0.824. The number of hydrogen-bond donors (Lipinski definition) is 0. The van der Waals surface area contributed by atoms with Crippen molar-refractivity contribution >= 4 is 14.1 Å². The molecule has 1 atom stereocenters. The number of rotatable bonds is 6. The van der Waals surface area contributed by atoms with E-state index in [0.717, 1.165) is 38.7 Å². The summed E-state index contributed by atoms with van der Waals surface area (Å²) in [5.41, 5.74) is 0. The Kier molecular flexibility index (Phi) is 6.66. The standard InChI is InChI=1S/C17H32O2Si/c1-17(2,3)20(4,5)19-13-8-6-7-10-15-11-9-12-16(18)14-15/h7,10,15H,6,8-9,11-14H2,1-5H3/b10-7+. The molecule has 0 saturated heterocycles. The van der Waals surface area contributed by atoms with Gasteiger partial charge in [0.2, 0.25) is 0 Å². The van der Waals surface area contributed by atoms with Crippen LogP contribution in [0, 0.1) is 5.92 Å². The van der Waals surface area contributed by atoms with Crippen LogP contribution in [0.2, 0.25) is 18.1 Å². The predicted molar refractivity (Wildman–Crippen MR) is 88.5 cm³/mol. The number of carbonyl (C=O) groups excluding carboxylic acids is 1. The Bertz CT molecular complexity index is 339. The molecule has 0 N–H and O–H groups in total. The lowest BCUT2D eigenvalue weighted by atomic mass is 9.88. The minimum absolute atomic E-state index is 0.297. The molecule has 1 rings (SSSR count). The average molecular weight is 297 g/mol. The number of hydrogen-bond acceptors (Lipinski definition) is 2. The molecular formula is C17H32O2Si. The second kappa shape index (κ2) is 7.55. The largest absolute Gasteiger partial charge is 0.417 e. The zero-order chi connectivity index (χ0) is 15.2. The van der Waals surface area contributed by atoms with Gasteiger partial charge in [-0.3, -0.25) is 4.79 Å². The van der Waals surface area contributed by atoms with E-state index in [2.05, 4.69) is 46.0 Å². The van der Waals surface area contributed by atoms with Crippen molar-refractivity contribution < 1.29 is 9.22 Å². The van der Waals surface area contributed by atoms with Crippen LogP contribution in [0.4, 0.5) is 0 Å². The number of unbranched alkanes of at least 4 members (excludes halogenated alkanes) is 1. The zero-order valence-electron chi connectivity index (χ0n) is 14.0. The molecule has 116 valence electrons. The van der Waals surface area contributed by atoms with E-state index >= 15 is 0 Å². The van der Waals surface area contributed by atoms with E-state index < -0.39 is 8.32 Å². The lowest BCUT2D eigenvalue weighted by Crippen LogP contribution is -2.40. The van der Waals surface area contributed by atoms with Crippen LogP contribution in [-0.4, -0.2) is 20.7 Å². The van der Waals surface area contributed by atoms with Crippen molar-refractivity contribution in [2.24, 2.45) is 5.92 Å². The first-order valence-electron chi connectivity index (χ1n) is 8.05. The van der Waals surface area contributed by atoms with Gasteiger partial charge in [-0.15, -0.1) is 0 Å².